The van der Waals surface area contributed by atoms with E-state index in [-0.39, 0.29) is 6.42 Å². The van der Waals surface area contributed by atoms with Crippen LogP contribution in [0.3, 0.4) is 0 Å². The summed E-state index contributed by atoms with van der Waals surface area (Å²) in [5.41, 5.74) is 4.84. The van der Waals surface area contributed by atoms with Gasteiger partial charge in [-0.05, 0) is 43.9 Å². The van der Waals surface area contributed by atoms with E-state index in [0.29, 0.717) is 6.42 Å². The van der Waals surface area contributed by atoms with Crippen LogP contribution in [0.25, 0.3) is 0 Å². The third kappa shape index (κ3) is 3.44. The van der Waals surface area contributed by atoms with Crippen LogP contribution in [-0.2, 0) is 17.6 Å². The maximum atomic E-state index is 10.9. The highest BCUT2D eigenvalue weighted by Gasteiger charge is 2.24. The van der Waals surface area contributed by atoms with Crippen molar-refractivity contribution in [2.24, 2.45) is 4.99 Å². The standard InChI is InChI=1S/C24H27N3O3/c1-2-26-9-3-6-16-12-18-22(14-20(16)26)30-23-15-21-17(13-19(23)25-18)7-4-10-27(21)11-5-8-24(28)29/h12-15H,2-11H2,1H3/p+1. The number of anilines is 1. The summed E-state index contributed by atoms with van der Waals surface area (Å²) < 4.78 is 8.65. The van der Waals surface area contributed by atoms with Crippen molar-refractivity contribution in [3.05, 3.63) is 46.1 Å². The van der Waals surface area contributed by atoms with E-state index in [4.69, 9.17) is 14.8 Å². The summed E-state index contributed by atoms with van der Waals surface area (Å²) in [4.78, 5) is 18.2. The molecule has 0 unspecified atom stereocenters. The van der Waals surface area contributed by atoms with E-state index in [0.717, 1.165) is 73.3 Å². The van der Waals surface area contributed by atoms with E-state index >= 15 is 0 Å². The lowest BCUT2D eigenvalue weighted by Crippen LogP contribution is -2.39. The molecule has 0 radical (unpaired) electrons. The first-order chi connectivity index (χ1) is 14.6. The van der Waals surface area contributed by atoms with E-state index in [9.17, 15) is 4.79 Å². The molecule has 6 heteroatoms. The van der Waals surface area contributed by atoms with Crippen LogP contribution in [0.5, 0.6) is 11.5 Å². The van der Waals surface area contributed by atoms with Gasteiger partial charge in [-0.2, -0.15) is 0 Å². The predicted octanol–water partition coefficient (Wildman–Crippen LogP) is 2.82. The van der Waals surface area contributed by atoms with E-state index in [1.165, 1.54) is 23.2 Å². The molecule has 3 aliphatic rings. The molecule has 3 aliphatic heterocycles. The maximum Gasteiger partial charge on any atom is 0.303 e. The zero-order valence-corrected chi connectivity index (χ0v) is 17.5. The first kappa shape index (κ1) is 19.1. The molecule has 5 rings (SSSR count). The molecule has 0 amide bonds. The normalized spacial score (nSPS) is 16.6. The Bertz CT molecular complexity index is 1140. The summed E-state index contributed by atoms with van der Waals surface area (Å²) in [5, 5.41) is 11.0. The highest BCUT2D eigenvalue weighted by atomic mass is 16.5. The van der Waals surface area contributed by atoms with E-state index in [1.807, 2.05) is 0 Å². The van der Waals surface area contributed by atoms with Crippen molar-refractivity contribution in [3.63, 3.8) is 0 Å². The number of ether oxygens (including phenoxy) is 1. The van der Waals surface area contributed by atoms with Gasteiger partial charge in [-0.3, -0.25) is 4.79 Å². The Morgan fingerprint density at radius 3 is 2.87 bits per heavy atom. The number of hydrogen-bond acceptors (Lipinski definition) is 4. The Morgan fingerprint density at radius 2 is 2.03 bits per heavy atom. The topological polar surface area (TPSA) is 65.1 Å². The number of aryl methyl sites for hydroxylation is 2. The highest BCUT2D eigenvalue weighted by molar-refractivity contribution is 5.69. The first-order valence-corrected chi connectivity index (χ1v) is 11.1. The van der Waals surface area contributed by atoms with Gasteiger partial charge in [0.2, 0.25) is 5.36 Å². The zero-order valence-electron chi connectivity index (χ0n) is 17.5. The zero-order chi connectivity index (χ0) is 20.7. The summed E-state index contributed by atoms with van der Waals surface area (Å²) in [5.74, 6) is 0.890. The largest absolute Gasteiger partial charge is 0.481 e. The highest BCUT2D eigenvalue weighted by Crippen LogP contribution is 2.41. The summed E-state index contributed by atoms with van der Waals surface area (Å²) in [6.45, 7) is 6.00. The molecule has 0 aromatic heterocycles. The van der Waals surface area contributed by atoms with E-state index in [1.54, 1.807) is 0 Å². The van der Waals surface area contributed by atoms with Crippen molar-refractivity contribution >= 4 is 17.3 Å². The van der Waals surface area contributed by atoms with Crippen LogP contribution >= 0.6 is 0 Å². The molecule has 0 aliphatic carbocycles. The fourth-order valence-corrected chi connectivity index (χ4v) is 4.92. The number of carbonyl (C=O) groups is 1. The lowest BCUT2D eigenvalue weighted by molar-refractivity contribution is -0.137. The number of carboxylic acid groups (broad SMARTS) is 1. The van der Waals surface area contributed by atoms with Crippen LogP contribution in [0.15, 0.2) is 29.3 Å². The molecule has 3 heterocycles. The van der Waals surface area contributed by atoms with Gasteiger partial charge in [-0.15, -0.1) is 0 Å². The average molecular weight is 407 g/mol. The molecule has 6 nitrogen and oxygen atoms in total. The molecular weight excluding hydrogens is 378 g/mol. The molecule has 0 fully saturated rings. The molecule has 30 heavy (non-hydrogen) atoms. The molecule has 0 spiro atoms. The predicted molar refractivity (Wildman–Crippen MR) is 116 cm³/mol. The van der Waals surface area contributed by atoms with Gasteiger partial charge in [-0.1, -0.05) is 0 Å². The van der Waals surface area contributed by atoms with Crippen LogP contribution in [0.4, 0.5) is 11.4 Å². The number of carboxylic acids is 1. The number of rotatable bonds is 5. The van der Waals surface area contributed by atoms with Gasteiger partial charge in [0.15, 0.2) is 11.5 Å². The summed E-state index contributed by atoms with van der Waals surface area (Å²) in [6.07, 6.45) is 5.24. The van der Waals surface area contributed by atoms with Crippen LogP contribution < -0.4 is 24.9 Å². The third-order valence-electron chi connectivity index (χ3n) is 6.41. The molecule has 0 bridgehead atoms. The maximum absolute atomic E-state index is 10.9. The second-order valence-corrected chi connectivity index (χ2v) is 8.38. The minimum absolute atomic E-state index is 0.203. The summed E-state index contributed by atoms with van der Waals surface area (Å²) in [6, 6.07) is 8.62. The average Bonchev–Trinajstić information content (AvgIpc) is 2.74. The van der Waals surface area contributed by atoms with E-state index < -0.39 is 5.97 Å². The van der Waals surface area contributed by atoms with Gasteiger partial charge < -0.3 is 14.7 Å². The number of fused-ring (bicyclic) bond motifs is 4. The van der Waals surface area contributed by atoms with Crippen molar-refractivity contribution in [2.45, 2.75) is 45.4 Å². The van der Waals surface area contributed by atoms with Crippen LogP contribution in [-0.4, -0.2) is 37.3 Å². The minimum atomic E-state index is -0.735. The fraction of sp³-hybridized carbons (Fsp3) is 0.458. The number of benzene rings is 2. The summed E-state index contributed by atoms with van der Waals surface area (Å²) in [7, 11) is 0. The molecule has 0 saturated carbocycles. The number of aliphatic carboxylic acids is 1. The second-order valence-electron chi connectivity index (χ2n) is 8.38. The Balaban J connectivity index is 1.55. The van der Waals surface area contributed by atoms with Crippen molar-refractivity contribution < 1.29 is 14.6 Å². The minimum Gasteiger partial charge on any atom is -0.481 e. The van der Waals surface area contributed by atoms with Crippen molar-refractivity contribution in [3.8, 4) is 11.5 Å². The second kappa shape index (κ2) is 7.74. The van der Waals surface area contributed by atoms with Crippen molar-refractivity contribution in [1.82, 2.24) is 4.58 Å². The Kier molecular flexibility index (Phi) is 4.93. The smallest absolute Gasteiger partial charge is 0.303 e. The third-order valence-corrected chi connectivity index (χ3v) is 6.41. The van der Waals surface area contributed by atoms with Gasteiger partial charge in [-0.25, -0.2) is 9.57 Å². The van der Waals surface area contributed by atoms with Gasteiger partial charge in [0.25, 0.3) is 0 Å². The SMILES string of the molecule is CCN1CCCc2cc3c(cc21)Oc1cc2c(cc1=N3)CCC[N+]=2CCCC(=O)O. The monoisotopic (exact) mass is 406 g/mol. The summed E-state index contributed by atoms with van der Waals surface area (Å²) >= 11 is 0. The molecule has 2 aromatic carbocycles. The van der Waals surface area contributed by atoms with Crippen LogP contribution in [0, 0.1) is 0 Å². The fourth-order valence-electron chi connectivity index (χ4n) is 4.92. The first-order valence-electron chi connectivity index (χ1n) is 11.1. The molecule has 156 valence electrons. The van der Waals surface area contributed by atoms with Gasteiger partial charge in [0, 0.05) is 43.2 Å². The Labute approximate surface area is 176 Å². The lowest BCUT2D eigenvalue weighted by atomic mass is 10.00. The van der Waals surface area contributed by atoms with Crippen molar-refractivity contribution in [1.29, 1.82) is 0 Å². The van der Waals surface area contributed by atoms with Gasteiger partial charge in [0.05, 0.1) is 12.5 Å². The molecule has 0 atom stereocenters. The molecule has 2 aromatic rings. The van der Waals surface area contributed by atoms with E-state index in [2.05, 4.69) is 40.7 Å². The van der Waals surface area contributed by atoms with Gasteiger partial charge in [0.1, 0.15) is 24.1 Å². The Hall–Kier alpha value is -2.89. The number of nitrogens with zero attached hydrogens (tertiary/aromatic N) is 3. The molecular formula is C24H28N3O3+. The van der Waals surface area contributed by atoms with Crippen molar-refractivity contribution in [2.75, 3.05) is 31.1 Å². The van der Waals surface area contributed by atoms with Gasteiger partial charge >= 0.3 is 5.97 Å². The Morgan fingerprint density at radius 1 is 1.17 bits per heavy atom. The quantitative estimate of drug-likeness (QED) is 0.662. The lowest BCUT2D eigenvalue weighted by Gasteiger charge is -2.31. The van der Waals surface area contributed by atoms with Crippen LogP contribution in [0.1, 0.15) is 43.7 Å². The van der Waals surface area contributed by atoms with Crippen LogP contribution in [0.2, 0.25) is 0 Å². The molecule has 1 N–H and O–H groups in total. The number of hydrogen-bond donors (Lipinski definition) is 1. The molecule has 0 saturated heterocycles.